The lowest BCUT2D eigenvalue weighted by Gasteiger charge is -2.12. The molecule has 3 aromatic rings. The normalized spacial score (nSPS) is 10.9. The number of aryl methyl sites for hydroxylation is 1. The van der Waals surface area contributed by atoms with Gasteiger partial charge in [-0.05, 0) is 26.8 Å². The van der Waals surface area contributed by atoms with Crippen molar-refractivity contribution in [1.82, 2.24) is 24.7 Å². The summed E-state index contributed by atoms with van der Waals surface area (Å²) in [6, 6.07) is 4.77. The van der Waals surface area contributed by atoms with Crippen LogP contribution in [0.1, 0.15) is 19.5 Å². The molecule has 0 saturated carbocycles. The van der Waals surface area contributed by atoms with Gasteiger partial charge in [-0.2, -0.15) is 9.37 Å². The molecule has 3 rings (SSSR count). The predicted molar refractivity (Wildman–Crippen MR) is 87.1 cm³/mol. The Morgan fingerprint density at radius 1 is 1.21 bits per heavy atom. The third kappa shape index (κ3) is 3.65. The van der Waals surface area contributed by atoms with Gasteiger partial charge in [-0.15, -0.1) is 5.10 Å². The van der Waals surface area contributed by atoms with Gasteiger partial charge in [0.05, 0.1) is 29.4 Å². The standard InChI is InChI=1S/C16H17FN6O/c1-10(2)24-13-7-14(11(3)19-8-13)21-16-20-9-23(22-16)12-4-5-18-15(17)6-12/h4-10H,1-3H3,(H,21,22). The van der Waals surface area contributed by atoms with E-state index in [1.165, 1.54) is 23.3 Å². The lowest BCUT2D eigenvalue weighted by molar-refractivity contribution is 0.241. The zero-order chi connectivity index (χ0) is 17.1. The van der Waals surface area contributed by atoms with Gasteiger partial charge < -0.3 is 10.1 Å². The fourth-order valence-corrected chi connectivity index (χ4v) is 2.08. The van der Waals surface area contributed by atoms with E-state index in [0.29, 0.717) is 17.4 Å². The highest BCUT2D eigenvalue weighted by molar-refractivity contribution is 5.58. The minimum Gasteiger partial charge on any atom is -0.489 e. The average molecular weight is 328 g/mol. The second-order valence-electron chi connectivity index (χ2n) is 5.45. The van der Waals surface area contributed by atoms with Crippen molar-refractivity contribution in [3.63, 3.8) is 0 Å². The van der Waals surface area contributed by atoms with Crippen molar-refractivity contribution in [2.24, 2.45) is 0 Å². The number of ether oxygens (including phenoxy) is 1. The summed E-state index contributed by atoms with van der Waals surface area (Å²) in [5.74, 6) is 0.462. The van der Waals surface area contributed by atoms with E-state index in [-0.39, 0.29) is 6.10 Å². The fourth-order valence-electron chi connectivity index (χ4n) is 2.08. The number of halogens is 1. The summed E-state index contributed by atoms with van der Waals surface area (Å²) in [6.45, 7) is 5.77. The molecule has 0 radical (unpaired) electrons. The summed E-state index contributed by atoms with van der Waals surface area (Å²) in [5, 5.41) is 7.38. The number of pyridine rings is 2. The summed E-state index contributed by atoms with van der Waals surface area (Å²) >= 11 is 0. The lowest BCUT2D eigenvalue weighted by atomic mass is 10.3. The van der Waals surface area contributed by atoms with Crippen molar-refractivity contribution < 1.29 is 9.13 Å². The summed E-state index contributed by atoms with van der Waals surface area (Å²) in [6.07, 6.45) is 4.60. The topological polar surface area (TPSA) is 77.8 Å². The molecule has 0 aliphatic rings. The van der Waals surface area contributed by atoms with Crippen LogP contribution in [-0.4, -0.2) is 30.8 Å². The minimum absolute atomic E-state index is 0.0567. The largest absolute Gasteiger partial charge is 0.489 e. The molecule has 7 nitrogen and oxygen atoms in total. The van der Waals surface area contributed by atoms with Gasteiger partial charge in [0.2, 0.25) is 11.9 Å². The molecule has 124 valence electrons. The Labute approximate surface area is 138 Å². The van der Waals surface area contributed by atoms with Crippen LogP contribution in [0.4, 0.5) is 16.0 Å². The van der Waals surface area contributed by atoms with Gasteiger partial charge in [0.25, 0.3) is 0 Å². The van der Waals surface area contributed by atoms with Crippen LogP contribution in [0, 0.1) is 12.9 Å². The third-order valence-corrected chi connectivity index (χ3v) is 3.15. The monoisotopic (exact) mass is 328 g/mol. The molecule has 0 fully saturated rings. The van der Waals surface area contributed by atoms with Crippen molar-refractivity contribution in [2.75, 3.05) is 5.32 Å². The van der Waals surface area contributed by atoms with Crippen molar-refractivity contribution in [1.29, 1.82) is 0 Å². The molecule has 24 heavy (non-hydrogen) atoms. The molecule has 0 spiro atoms. The fraction of sp³-hybridized carbons (Fsp3) is 0.250. The molecule has 0 amide bonds. The minimum atomic E-state index is -0.573. The first-order chi connectivity index (χ1) is 11.5. The van der Waals surface area contributed by atoms with Gasteiger partial charge in [0.1, 0.15) is 12.1 Å². The number of aromatic nitrogens is 5. The maximum Gasteiger partial charge on any atom is 0.247 e. The van der Waals surface area contributed by atoms with Gasteiger partial charge in [-0.25, -0.2) is 9.67 Å². The van der Waals surface area contributed by atoms with Crippen LogP contribution in [0.2, 0.25) is 0 Å². The van der Waals surface area contributed by atoms with Crippen LogP contribution >= 0.6 is 0 Å². The van der Waals surface area contributed by atoms with Crippen molar-refractivity contribution in [3.05, 3.63) is 48.6 Å². The van der Waals surface area contributed by atoms with Gasteiger partial charge in [0.15, 0.2) is 0 Å². The Morgan fingerprint density at radius 3 is 2.79 bits per heavy atom. The van der Waals surface area contributed by atoms with Crippen molar-refractivity contribution >= 4 is 11.6 Å². The number of hydrogen-bond donors (Lipinski definition) is 1. The van der Waals surface area contributed by atoms with E-state index in [2.05, 4.69) is 25.4 Å². The van der Waals surface area contributed by atoms with E-state index in [0.717, 1.165) is 11.4 Å². The summed E-state index contributed by atoms with van der Waals surface area (Å²) in [7, 11) is 0. The van der Waals surface area contributed by atoms with Crippen molar-refractivity contribution in [2.45, 2.75) is 26.9 Å². The zero-order valence-corrected chi connectivity index (χ0v) is 13.6. The molecule has 0 bridgehead atoms. The van der Waals surface area contributed by atoms with E-state index >= 15 is 0 Å². The van der Waals surface area contributed by atoms with Crippen LogP contribution in [-0.2, 0) is 0 Å². The average Bonchev–Trinajstić information content (AvgIpc) is 2.99. The second kappa shape index (κ2) is 6.61. The molecular weight excluding hydrogens is 311 g/mol. The van der Waals surface area contributed by atoms with Gasteiger partial charge in [-0.3, -0.25) is 4.98 Å². The molecular formula is C16H17FN6O. The highest BCUT2D eigenvalue weighted by Crippen LogP contribution is 2.23. The Balaban J connectivity index is 1.82. The highest BCUT2D eigenvalue weighted by Gasteiger charge is 2.09. The van der Waals surface area contributed by atoms with Crippen LogP contribution < -0.4 is 10.1 Å². The quantitative estimate of drug-likeness (QED) is 0.725. The number of anilines is 2. The maximum atomic E-state index is 13.2. The van der Waals surface area contributed by atoms with Crippen molar-refractivity contribution in [3.8, 4) is 11.4 Å². The molecule has 3 heterocycles. The van der Waals surface area contributed by atoms with E-state index in [9.17, 15) is 4.39 Å². The molecule has 0 unspecified atom stereocenters. The van der Waals surface area contributed by atoms with Crippen LogP contribution in [0.15, 0.2) is 36.9 Å². The highest BCUT2D eigenvalue weighted by atomic mass is 19.1. The predicted octanol–water partition coefficient (Wildman–Crippen LogP) is 3.04. The van der Waals surface area contributed by atoms with Crippen LogP contribution in [0.25, 0.3) is 5.69 Å². The van der Waals surface area contributed by atoms with Crippen LogP contribution in [0.5, 0.6) is 5.75 Å². The van der Waals surface area contributed by atoms with Gasteiger partial charge in [-0.1, -0.05) is 0 Å². The Morgan fingerprint density at radius 2 is 2.04 bits per heavy atom. The smallest absolute Gasteiger partial charge is 0.247 e. The lowest BCUT2D eigenvalue weighted by Crippen LogP contribution is -2.07. The number of nitrogens with one attached hydrogen (secondary N) is 1. The molecule has 0 aliphatic carbocycles. The Kier molecular flexibility index (Phi) is 4.37. The van der Waals surface area contributed by atoms with Crippen LogP contribution in [0.3, 0.4) is 0 Å². The Bertz CT molecular complexity index is 848. The first-order valence-corrected chi connectivity index (χ1v) is 7.45. The summed E-state index contributed by atoms with van der Waals surface area (Å²) < 4.78 is 20.3. The molecule has 0 saturated heterocycles. The molecule has 3 aromatic heterocycles. The molecule has 0 aliphatic heterocycles. The van der Waals surface area contributed by atoms with E-state index in [1.807, 2.05) is 26.8 Å². The first kappa shape index (κ1) is 15.9. The number of hydrogen-bond acceptors (Lipinski definition) is 6. The zero-order valence-electron chi connectivity index (χ0n) is 13.6. The van der Waals surface area contributed by atoms with E-state index in [1.54, 1.807) is 12.3 Å². The number of nitrogens with zero attached hydrogens (tertiary/aromatic N) is 5. The molecule has 1 N–H and O–H groups in total. The SMILES string of the molecule is Cc1ncc(OC(C)C)cc1Nc1ncn(-c2ccnc(F)c2)n1. The molecule has 8 heteroatoms. The van der Waals surface area contributed by atoms with E-state index in [4.69, 9.17) is 4.74 Å². The maximum absolute atomic E-state index is 13.2. The third-order valence-electron chi connectivity index (χ3n) is 3.15. The second-order valence-corrected chi connectivity index (χ2v) is 5.45. The Hall–Kier alpha value is -3.03. The molecule has 0 aromatic carbocycles. The summed E-state index contributed by atoms with van der Waals surface area (Å²) in [5.41, 5.74) is 2.07. The van der Waals surface area contributed by atoms with Gasteiger partial charge >= 0.3 is 0 Å². The summed E-state index contributed by atoms with van der Waals surface area (Å²) in [4.78, 5) is 12.0. The van der Waals surface area contributed by atoms with Gasteiger partial charge in [0, 0.05) is 18.3 Å². The van der Waals surface area contributed by atoms with E-state index < -0.39 is 5.95 Å². The number of rotatable bonds is 5. The molecule has 0 atom stereocenters. The first-order valence-electron chi connectivity index (χ1n) is 7.45.